The monoisotopic (exact) mass is 858 g/mol. The molecule has 0 fully saturated rings. The number of unbranched alkanes of at least 4 members (excludes halogenated alkanes) is 32. The van der Waals surface area contributed by atoms with E-state index in [2.05, 4.69) is 26.0 Å². The summed E-state index contributed by atoms with van der Waals surface area (Å²) in [5.41, 5.74) is 0. The van der Waals surface area contributed by atoms with Crippen molar-refractivity contribution >= 4 is 13.8 Å². The number of ether oxygens (including phenoxy) is 2. The van der Waals surface area contributed by atoms with Gasteiger partial charge in [0.05, 0.1) is 34.4 Å². The Labute approximate surface area is 367 Å². The lowest BCUT2D eigenvalue weighted by molar-refractivity contribution is -0.870. The van der Waals surface area contributed by atoms with Crippen molar-refractivity contribution in [3.8, 4) is 0 Å². The zero-order valence-electron chi connectivity index (χ0n) is 40.0. The lowest BCUT2D eigenvalue weighted by Gasteiger charge is -2.28. The highest BCUT2D eigenvalue weighted by molar-refractivity contribution is 7.45. The number of nitrogens with zero attached hydrogens (tertiary/aromatic N) is 1. The minimum atomic E-state index is -4.53. The number of likely N-dealkylation sites (N-methyl/N-ethyl adjacent to an activating group) is 1. The van der Waals surface area contributed by atoms with Crippen molar-refractivity contribution in [3.05, 3.63) is 12.2 Å². The van der Waals surface area contributed by atoms with Crippen molar-refractivity contribution in [3.63, 3.8) is 0 Å². The average Bonchev–Trinajstić information content (AvgIpc) is 3.19. The van der Waals surface area contributed by atoms with Crippen LogP contribution in [0.5, 0.6) is 0 Å². The number of phosphoric acid groups is 1. The Kier molecular flexibility index (Phi) is 43.3. The van der Waals surface area contributed by atoms with Crippen molar-refractivity contribution < 1.29 is 37.3 Å². The van der Waals surface area contributed by atoms with Gasteiger partial charge in [-0.2, -0.15) is 0 Å². The molecule has 0 amide bonds. The zero-order valence-corrected chi connectivity index (χ0v) is 40.9. The van der Waals surface area contributed by atoms with E-state index in [4.69, 9.17) is 18.5 Å². The fourth-order valence-electron chi connectivity index (χ4n) is 7.37. The van der Waals surface area contributed by atoms with Crippen molar-refractivity contribution in [1.29, 1.82) is 0 Å². The molecule has 8 nitrogen and oxygen atoms in total. The van der Waals surface area contributed by atoms with E-state index < -0.39 is 13.9 Å². The first-order valence-electron chi connectivity index (χ1n) is 25.4. The lowest BCUT2D eigenvalue weighted by atomic mass is 10.0. The molecule has 0 rings (SSSR count). The Morgan fingerprint density at radius 2 is 0.881 bits per heavy atom. The van der Waals surface area contributed by atoms with E-state index in [0.29, 0.717) is 24.1 Å². The number of quaternary nitrogens is 1. The second-order valence-corrected chi connectivity index (χ2v) is 19.9. The van der Waals surface area contributed by atoms with Gasteiger partial charge in [-0.1, -0.05) is 212 Å². The van der Waals surface area contributed by atoms with Gasteiger partial charge in [-0.25, -0.2) is 0 Å². The summed E-state index contributed by atoms with van der Waals surface area (Å²) in [5.74, 6) is -0.337. The molecule has 2 unspecified atom stereocenters. The Bertz CT molecular complexity index is 956. The van der Waals surface area contributed by atoms with E-state index in [0.717, 1.165) is 44.9 Å². The van der Waals surface area contributed by atoms with Crippen molar-refractivity contribution in [1.82, 2.24) is 0 Å². The van der Waals surface area contributed by atoms with Crippen LogP contribution < -0.4 is 4.89 Å². The van der Waals surface area contributed by atoms with Gasteiger partial charge in [0, 0.05) is 13.0 Å². The van der Waals surface area contributed by atoms with Crippen molar-refractivity contribution in [2.24, 2.45) is 0 Å². The van der Waals surface area contributed by atoms with Crippen molar-refractivity contribution in [2.45, 2.75) is 251 Å². The minimum absolute atomic E-state index is 0.0280. The van der Waals surface area contributed by atoms with E-state index in [-0.39, 0.29) is 25.8 Å². The molecule has 0 aliphatic carbocycles. The molecule has 0 N–H and O–H groups in total. The standard InChI is InChI=1S/C50H100NO7P/c1-6-8-10-12-14-16-18-20-22-24-25-26-27-28-30-32-34-36-38-40-42-45-55-47-49(48-57-59(53,54)56-46-44-51(3,4)5)58-50(52)43-41-39-37-35-33-31-29-23-21-19-17-15-13-11-9-7-2/h23,29,49H,6-22,24-28,30-48H2,1-5H3/b29-23-. The fraction of sp³-hybridized carbons (Fsp3) is 0.940. The second kappa shape index (κ2) is 43.9. The quantitative estimate of drug-likeness (QED) is 0.0198. The van der Waals surface area contributed by atoms with E-state index >= 15 is 0 Å². The maximum Gasteiger partial charge on any atom is 0.306 e. The molecule has 0 aromatic carbocycles. The lowest BCUT2D eigenvalue weighted by Crippen LogP contribution is -2.37. The average molecular weight is 858 g/mol. The molecule has 59 heavy (non-hydrogen) atoms. The molecule has 0 spiro atoms. The Balaban J connectivity index is 4.10. The molecule has 0 aromatic rings. The first-order valence-corrected chi connectivity index (χ1v) is 26.9. The van der Waals surface area contributed by atoms with Crippen LogP contribution in [0.2, 0.25) is 0 Å². The number of rotatable bonds is 48. The molecular weight excluding hydrogens is 758 g/mol. The molecule has 0 aromatic heterocycles. The first-order chi connectivity index (χ1) is 28.6. The Morgan fingerprint density at radius 3 is 1.29 bits per heavy atom. The summed E-state index contributed by atoms with van der Waals surface area (Å²) in [6.07, 6.45) is 49.5. The number of hydrogen-bond donors (Lipinski definition) is 0. The topological polar surface area (TPSA) is 94.1 Å². The molecule has 2 atom stereocenters. The highest BCUT2D eigenvalue weighted by Crippen LogP contribution is 2.38. The third-order valence-corrected chi connectivity index (χ3v) is 12.3. The Morgan fingerprint density at radius 1 is 0.508 bits per heavy atom. The highest BCUT2D eigenvalue weighted by atomic mass is 31.2. The third-order valence-electron chi connectivity index (χ3n) is 11.3. The SMILES string of the molecule is CCCCCCCCC/C=C\CCCCCCCC(=O)OC(COCCCCCCCCCCCCCCCCCCCCCCC)COP(=O)([O-])OCC[N+](C)(C)C. The van der Waals surface area contributed by atoms with Crippen LogP contribution in [0.3, 0.4) is 0 Å². The Hall–Kier alpha value is -0.760. The first kappa shape index (κ1) is 58.2. The molecule has 0 saturated heterocycles. The van der Waals surface area contributed by atoms with Crippen LogP contribution in [-0.2, 0) is 27.9 Å². The summed E-state index contributed by atoms with van der Waals surface area (Å²) in [4.78, 5) is 25.1. The number of carbonyl (C=O) groups is 1. The molecule has 0 radical (unpaired) electrons. The minimum Gasteiger partial charge on any atom is -0.756 e. The van der Waals surface area contributed by atoms with Gasteiger partial charge in [0.25, 0.3) is 7.82 Å². The number of phosphoric ester groups is 1. The summed E-state index contributed by atoms with van der Waals surface area (Å²) in [5, 5.41) is 0. The van der Waals surface area contributed by atoms with Gasteiger partial charge < -0.3 is 27.9 Å². The van der Waals surface area contributed by atoms with Gasteiger partial charge in [0.15, 0.2) is 0 Å². The van der Waals surface area contributed by atoms with Gasteiger partial charge in [-0.05, 0) is 38.5 Å². The summed E-state index contributed by atoms with van der Waals surface area (Å²) < 4.78 is 34.7. The van der Waals surface area contributed by atoms with Crippen LogP contribution >= 0.6 is 7.82 Å². The molecule has 0 aliphatic heterocycles. The summed E-state index contributed by atoms with van der Waals surface area (Å²) in [6.45, 7) is 5.46. The maximum atomic E-state index is 12.7. The van der Waals surface area contributed by atoms with Crippen LogP contribution in [0, 0.1) is 0 Å². The number of allylic oxidation sites excluding steroid dienone is 2. The molecule has 0 saturated carbocycles. The van der Waals surface area contributed by atoms with Gasteiger partial charge in [-0.15, -0.1) is 0 Å². The summed E-state index contributed by atoms with van der Waals surface area (Å²) >= 11 is 0. The highest BCUT2D eigenvalue weighted by Gasteiger charge is 2.20. The third kappa shape index (κ3) is 48.1. The number of hydrogen-bond acceptors (Lipinski definition) is 7. The van der Waals surface area contributed by atoms with Gasteiger partial charge >= 0.3 is 5.97 Å². The zero-order chi connectivity index (χ0) is 43.4. The molecule has 9 heteroatoms. The molecule has 0 bridgehead atoms. The largest absolute Gasteiger partial charge is 0.756 e. The number of carbonyl (C=O) groups excluding carboxylic acids is 1. The van der Waals surface area contributed by atoms with Gasteiger partial charge in [-0.3, -0.25) is 9.36 Å². The molecule has 0 heterocycles. The molecular formula is C50H100NO7P. The van der Waals surface area contributed by atoms with Gasteiger partial charge in [0.2, 0.25) is 0 Å². The predicted molar refractivity (Wildman–Crippen MR) is 250 cm³/mol. The molecule has 0 aliphatic rings. The second-order valence-electron chi connectivity index (χ2n) is 18.5. The van der Waals surface area contributed by atoms with Crippen molar-refractivity contribution in [2.75, 3.05) is 54.1 Å². The van der Waals surface area contributed by atoms with Crippen LogP contribution in [0.1, 0.15) is 245 Å². The van der Waals surface area contributed by atoms with Crippen LogP contribution in [0.4, 0.5) is 0 Å². The maximum absolute atomic E-state index is 12.7. The van der Waals surface area contributed by atoms with Gasteiger partial charge in [0.1, 0.15) is 19.3 Å². The van der Waals surface area contributed by atoms with Crippen LogP contribution in [-0.4, -0.2) is 70.7 Å². The normalized spacial score (nSPS) is 13.7. The fourth-order valence-corrected chi connectivity index (χ4v) is 8.10. The van der Waals surface area contributed by atoms with E-state index in [1.165, 1.54) is 180 Å². The van der Waals surface area contributed by atoms with E-state index in [1.54, 1.807) is 0 Å². The molecule has 352 valence electrons. The predicted octanol–water partition coefficient (Wildman–Crippen LogP) is 14.8. The van der Waals surface area contributed by atoms with Crippen LogP contribution in [0.15, 0.2) is 12.2 Å². The van der Waals surface area contributed by atoms with E-state index in [1.807, 2.05) is 21.1 Å². The smallest absolute Gasteiger partial charge is 0.306 e. The van der Waals surface area contributed by atoms with E-state index in [9.17, 15) is 14.3 Å². The number of esters is 1. The summed E-state index contributed by atoms with van der Waals surface area (Å²) in [6, 6.07) is 0. The summed E-state index contributed by atoms with van der Waals surface area (Å²) in [7, 11) is 1.37. The van der Waals surface area contributed by atoms with Crippen LogP contribution in [0.25, 0.3) is 0 Å².